The lowest BCUT2D eigenvalue weighted by atomic mass is 10.0. The predicted octanol–water partition coefficient (Wildman–Crippen LogP) is 4.58. The minimum Gasteiger partial charge on any atom is -0.461 e. The number of anilines is 1. The number of ketones is 1. The van der Waals surface area contributed by atoms with Crippen LogP contribution >= 0.6 is 11.6 Å². The van der Waals surface area contributed by atoms with Gasteiger partial charge in [0, 0.05) is 17.5 Å². The molecule has 0 unspecified atom stereocenters. The molecule has 4 rings (SSSR count). The van der Waals surface area contributed by atoms with E-state index in [-0.39, 0.29) is 18.8 Å². The zero-order valence-corrected chi connectivity index (χ0v) is 18.8. The van der Waals surface area contributed by atoms with Crippen LogP contribution < -0.4 is 11.1 Å². The highest BCUT2D eigenvalue weighted by Gasteiger charge is 2.16. The molecule has 0 saturated carbocycles. The third kappa shape index (κ3) is 5.57. The van der Waals surface area contributed by atoms with Crippen LogP contribution in [0.5, 0.6) is 0 Å². The lowest BCUT2D eigenvalue weighted by Gasteiger charge is -2.18. The molecular formula is C23H22ClN5O4. The van der Waals surface area contributed by atoms with Gasteiger partial charge in [0.15, 0.2) is 11.4 Å². The van der Waals surface area contributed by atoms with Crippen molar-refractivity contribution in [3.63, 3.8) is 0 Å². The van der Waals surface area contributed by atoms with Crippen LogP contribution in [0.3, 0.4) is 0 Å². The number of rotatable bonds is 7. The Bertz CT molecular complexity index is 1310. The number of benzene rings is 1. The maximum absolute atomic E-state index is 12.4. The van der Waals surface area contributed by atoms with Crippen LogP contribution in [0.4, 0.5) is 10.5 Å². The first-order chi connectivity index (χ1) is 15.7. The highest BCUT2D eigenvalue weighted by Crippen LogP contribution is 2.29. The number of nitrogens with zero attached hydrogens (tertiary/aromatic N) is 2. The average Bonchev–Trinajstić information content (AvgIpc) is 3.43. The molecule has 170 valence electrons. The molecular weight excluding hydrogens is 446 g/mol. The molecule has 3 aromatic heterocycles. The monoisotopic (exact) mass is 467 g/mol. The fourth-order valence-corrected chi connectivity index (χ4v) is 3.28. The smallest absolute Gasteiger partial charge is 0.411 e. The van der Waals surface area contributed by atoms with Crippen molar-refractivity contribution in [2.45, 2.75) is 25.8 Å². The second-order valence-corrected chi connectivity index (χ2v) is 8.67. The van der Waals surface area contributed by atoms with Gasteiger partial charge in [0.05, 0.1) is 28.7 Å². The molecule has 3 heterocycles. The zero-order chi connectivity index (χ0) is 23.6. The van der Waals surface area contributed by atoms with Gasteiger partial charge in [-0.3, -0.25) is 10.1 Å². The molecule has 9 nitrogen and oxygen atoms in total. The van der Waals surface area contributed by atoms with Crippen LogP contribution in [0.15, 0.2) is 53.3 Å². The fraction of sp³-hybridized carbons (Fsp3) is 0.217. The summed E-state index contributed by atoms with van der Waals surface area (Å²) in [7, 11) is 0. The Balaban J connectivity index is 1.53. The number of amides is 1. The number of nitrogens with two attached hydrogens (primary N) is 1. The number of hydrogen-bond acceptors (Lipinski definition) is 7. The minimum absolute atomic E-state index is 0.0694. The predicted molar refractivity (Wildman–Crippen MR) is 124 cm³/mol. The molecule has 1 amide bonds. The summed E-state index contributed by atoms with van der Waals surface area (Å²) in [6, 6.07) is 10.3. The highest BCUT2D eigenvalue weighted by molar-refractivity contribution is 6.33. The van der Waals surface area contributed by atoms with E-state index in [2.05, 4.69) is 20.3 Å². The van der Waals surface area contributed by atoms with E-state index >= 15 is 0 Å². The summed E-state index contributed by atoms with van der Waals surface area (Å²) < 4.78 is 10.3. The van der Waals surface area contributed by atoms with Crippen LogP contribution in [-0.2, 0) is 11.2 Å². The standard InChI is InChI=1S/C23H22ClN5O4/c1-23(2,25)12-33-22(31)27-14-10-17-21(26-11-14)29-20(28-17)15-8-13(5-6-16(15)24)9-18(30)19-4-3-7-32-19/h3-8,10-11H,9,12,25H2,1-2H3,(H,27,31)(H,26,28,29). The van der Waals surface area contributed by atoms with Crippen LogP contribution in [0, 0.1) is 0 Å². The first-order valence-corrected chi connectivity index (χ1v) is 10.5. The normalized spacial score (nSPS) is 11.5. The van der Waals surface area contributed by atoms with E-state index in [1.165, 1.54) is 12.5 Å². The third-order valence-corrected chi connectivity index (χ3v) is 4.94. The van der Waals surface area contributed by atoms with Crippen molar-refractivity contribution >= 4 is 40.3 Å². The topological polar surface area (TPSA) is 136 Å². The summed E-state index contributed by atoms with van der Waals surface area (Å²) in [6.07, 6.45) is 2.46. The van der Waals surface area contributed by atoms with E-state index < -0.39 is 11.6 Å². The van der Waals surface area contributed by atoms with Gasteiger partial charge in [0.2, 0.25) is 5.78 Å². The zero-order valence-electron chi connectivity index (χ0n) is 18.0. The molecule has 4 N–H and O–H groups in total. The number of nitrogens with one attached hydrogen (secondary N) is 2. The maximum atomic E-state index is 12.4. The van der Waals surface area contributed by atoms with Crippen LogP contribution in [-0.4, -0.2) is 39.0 Å². The molecule has 0 saturated heterocycles. The first kappa shape index (κ1) is 22.5. The summed E-state index contributed by atoms with van der Waals surface area (Å²) in [6.45, 7) is 3.58. The molecule has 10 heteroatoms. The maximum Gasteiger partial charge on any atom is 0.411 e. The van der Waals surface area contributed by atoms with Crippen LogP contribution in [0.25, 0.3) is 22.6 Å². The molecule has 0 fully saturated rings. The first-order valence-electron chi connectivity index (χ1n) is 10.1. The summed E-state index contributed by atoms with van der Waals surface area (Å²) in [4.78, 5) is 36.3. The number of ether oxygens (including phenoxy) is 1. The van der Waals surface area contributed by atoms with E-state index in [0.717, 1.165) is 5.56 Å². The SMILES string of the molecule is CC(C)(N)COC(=O)Nc1cnc2nc(-c3cc(CC(=O)c4ccco4)ccc3Cl)[nH]c2c1. The number of halogens is 1. The van der Waals surface area contributed by atoms with E-state index in [1.807, 2.05) is 0 Å². The van der Waals surface area contributed by atoms with Gasteiger partial charge >= 0.3 is 6.09 Å². The van der Waals surface area contributed by atoms with Gasteiger partial charge in [-0.1, -0.05) is 17.7 Å². The summed E-state index contributed by atoms with van der Waals surface area (Å²) in [5.41, 5.74) is 8.04. The Morgan fingerprint density at radius 2 is 2.09 bits per heavy atom. The third-order valence-electron chi connectivity index (χ3n) is 4.61. The largest absolute Gasteiger partial charge is 0.461 e. The van der Waals surface area contributed by atoms with Crippen molar-refractivity contribution in [1.82, 2.24) is 15.0 Å². The molecule has 0 bridgehead atoms. The number of hydrogen-bond donors (Lipinski definition) is 3. The molecule has 33 heavy (non-hydrogen) atoms. The molecule has 0 spiro atoms. The van der Waals surface area contributed by atoms with Crippen molar-refractivity contribution in [1.29, 1.82) is 0 Å². The quantitative estimate of drug-likeness (QED) is 0.338. The minimum atomic E-state index is -0.633. The molecule has 4 aromatic rings. The number of imidazole rings is 1. The number of H-pyrrole nitrogens is 1. The number of aromatic nitrogens is 3. The Morgan fingerprint density at radius 1 is 1.27 bits per heavy atom. The number of aromatic amines is 1. The summed E-state index contributed by atoms with van der Waals surface area (Å²) in [5.74, 6) is 0.646. The summed E-state index contributed by atoms with van der Waals surface area (Å²) in [5, 5.41) is 3.08. The molecule has 0 aliphatic rings. The van der Waals surface area contributed by atoms with Crippen LogP contribution in [0.2, 0.25) is 5.02 Å². The highest BCUT2D eigenvalue weighted by atomic mass is 35.5. The van der Waals surface area contributed by atoms with E-state index in [4.69, 9.17) is 26.5 Å². The number of fused-ring (bicyclic) bond motifs is 1. The van der Waals surface area contributed by atoms with Gasteiger partial charge < -0.3 is 19.9 Å². The second-order valence-electron chi connectivity index (χ2n) is 8.26. The average molecular weight is 468 g/mol. The molecule has 1 aromatic carbocycles. The van der Waals surface area contributed by atoms with Gasteiger partial charge in [-0.25, -0.2) is 14.8 Å². The Hall–Kier alpha value is -3.69. The Kier molecular flexibility index (Phi) is 6.17. The molecule has 0 aliphatic carbocycles. The van der Waals surface area contributed by atoms with Gasteiger partial charge in [-0.2, -0.15) is 0 Å². The van der Waals surface area contributed by atoms with Gasteiger partial charge in [0.1, 0.15) is 12.4 Å². The van der Waals surface area contributed by atoms with E-state index in [1.54, 1.807) is 50.2 Å². The van der Waals surface area contributed by atoms with Gasteiger partial charge in [0.25, 0.3) is 0 Å². The van der Waals surface area contributed by atoms with Crippen molar-refractivity contribution in [3.05, 3.63) is 65.2 Å². The summed E-state index contributed by atoms with van der Waals surface area (Å²) >= 11 is 6.40. The lowest BCUT2D eigenvalue weighted by molar-refractivity contribution is 0.0966. The number of pyridine rings is 1. The molecule has 0 radical (unpaired) electrons. The van der Waals surface area contributed by atoms with Crippen molar-refractivity contribution < 1.29 is 18.7 Å². The Labute approximate surface area is 194 Å². The number of carbonyl (C=O) groups excluding carboxylic acids is 2. The number of furan rings is 1. The van der Waals surface area contributed by atoms with Crippen molar-refractivity contribution in [2.75, 3.05) is 11.9 Å². The van der Waals surface area contributed by atoms with Crippen molar-refractivity contribution in [2.24, 2.45) is 5.73 Å². The van der Waals surface area contributed by atoms with E-state index in [0.29, 0.717) is 39.0 Å². The van der Waals surface area contributed by atoms with Crippen LogP contribution in [0.1, 0.15) is 30.0 Å². The second kappa shape index (κ2) is 9.05. The van der Waals surface area contributed by atoms with Gasteiger partial charge in [-0.15, -0.1) is 0 Å². The van der Waals surface area contributed by atoms with E-state index in [9.17, 15) is 9.59 Å². The molecule has 0 aliphatic heterocycles. The number of carbonyl (C=O) groups is 2. The van der Waals surface area contributed by atoms with Gasteiger partial charge in [-0.05, 0) is 49.7 Å². The number of Topliss-reactive ketones (excluding diaryl/α,β-unsaturated/α-hetero) is 1. The lowest BCUT2D eigenvalue weighted by Crippen LogP contribution is -2.38. The molecule has 0 atom stereocenters. The Morgan fingerprint density at radius 3 is 2.82 bits per heavy atom. The van der Waals surface area contributed by atoms with Crippen molar-refractivity contribution in [3.8, 4) is 11.4 Å². The fourth-order valence-electron chi connectivity index (χ4n) is 3.08.